The first kappa shape index (κ1) is 30.5. The number of rotatable bonds is 10. The van der Waals surface area contributed by atoms with Crippen molar-refractivity contribution in [3.8, 4) is 0 Å². The maximum absolute atomic E-state index is 14.0. The molecule has 0 heterocycles. The molecular weight excluding hydrogens is 557 g/mol. The Morgan fingerprint density at radius 1 is 0.923 bits per heavy atom. The van der Waals surface area contributed by atoms with Gasteiger partial charge in [-0.2, -0.15) is 0 Å². The van der Waals surface area contributed by atoms with Gasteiger partial charge >= 0.3 is 0 Å². The van der Waals surface area contributed by atoms with Crippen molar-refractivity contribution in [3.05, 3.63) is 93.0 Å². The molecule has 0 bridgehead atoms. The van der Waals surface area contributed by atoms with E-state index in [1.165, 1.54) is 24.1 Å². The lowest BCUT2D eigenvalue weighted by Gasteiger charge is -2.33. The number of hydrogen-bond donors (Lipinski definition) is 1. The van der Waals surface area contributed by atoms with Crippen LogP contribution in [0.2, 0.25) is 10.0 Å². The molecule has 0 aliphatic carbocycles. The topological polar surface area (TPSA) is 86.8 Å². The van der Waals surface area contributed by atoms with Gasteiger partial charge in [-0.3, -0.25) is 13.9 Å². The molecule has 3 rings (SSSR count). The van der Waals surface area contributed by atoms with Crippen LogP contribution in [0.5, 0.6) is 0 Å². The van der Waals surface area contributed by atoms with Crippen molar-refractivity contribution in [2.24, 2.45) is 0 Å². The van der Waals surface area contributed by atoms with Gasteiger partial charge in [0, 0.05) is 29.2 Å². The molecule has 0 saturated heterocycles. The van der Waals surface area contributed by atoms with Crippen LogP contribution in [0.25, 0.3) is 0 Å². The largest absolute Gasteiger partial charge is 0.357 e. The third kappa shape index (κ3) is 6.93. The van der Waals surface area contributed by atoms with Crippen LogP contribution in [0.4, 0.5) is 5.69 Å². The molecule has 2 amide bonds. The maximum atomic E-state index is 14.0. The van der Waals surface area contributed by atoms with Crippen LogP contribution in [0.15, 0.2) is 65.6 Å². The Labute approximate surface area is 240 Å². The molecule has 7 nitrogen and oxygen atoms in total. The second-order valence-electron chi connectivity index (χ2n) is 9.35. The summed E-state index contributed by atoms with van der Waals surface area (Å²) in [5.41, 5.74) is 3.58. The third-order valence-corrected chi connectivity index (χ3v) is 9.19. The molecule has 0 spiro atoms. The molecule has 0 aliphatic heterocycles. The van der Waals surface area contributed by atoms with Crippen LogP contribution in [-0.4, -0.2) is 44.8 Å². The molecule has 1 N–H and O–H groups in total. The number of carbonyl (C=O) groups is 2. The Morgan fingerprint density at radius 2 is 1.54 bits per heavy atom. The number of nitrogens with zero attached hydrogens (tertiary/aromatic N) is 2. The Morgan fingerprint density at radius 3 is 2.08 bits per heavy atom. The first-order valence-corrected chi connectivity index (χ1v) is 14.7. The number of hydrogen-bond acceptors (Lipinski definition) is 4. The van der Waals surface area contributed by atoms with Crippen molar-refractivity contribution in [1.29, 1.82) is 0 Å². The highest BCUT2D eigenvalue weighted by Crippen LogP contribution is 2.29. The molecule has 0 radical (unpaired) electrons. The second-order valence-corrected chi connectivity index (χ2v) is 12.0. The normalized spacial score (nSPS) is 12.1. The lowest BCUT2D eigenvalue weighted by molar-refractivity contribution is -0.140. The minimum Gasteiger partial charge on any atom is -0.357 e. The van der Waals surface area contributed by atoms with Crippen LogP contribution in [0.1, 0.15) is 35.6 Å². The van der Waals surface area contributed by atoms with E-state index in [0.29, 0.717) is 27.7 Å². The molecule has 0 aliphatic rings. The zero-order chi connectivity index (χ0) is 28.9. The Kier molecular flexibility index (Phi) is 10.0. The quantitative estimate of drug-likeness (QED) is 0.330. The van der Waals surface area contributed by atoms with Crippen LogP contribution in [0, 0.1) is 20.8 Å². The molecule has 3 aromatic carbocycles. The van der Waals surface area contributed by atoms with Crippen LogP contribution >= 0.6 is 23.2 Å². The Hall–Kier alpha value is -3.07. The second kappa shape index (κ2) is 12.9. The molecule has 0 saturated carbocycles. The molecule has 10 heteroatoms. The number of amides is 2. The Bertz CT molecular complexity index is 1440. The number of carbonyl (C=O) groups excluding carboxylic acids is 2. The fourth-order valence-electron chi connectivity index (χ4n) is 4.19. The van der Waals surface area contributed by atoms with E-state index >= 15 is 0 Å². The summed E-state index contributed by atoms with van der Waals surface area (Å²) < 4.78 is 28.9. The number of anilines is 1. The molecule has 208 valence electrons. The molecule has 3 aromatic rings. The SMILES string of the molecule is CC[C@@H](C(=O)NC)N(Cc1c(Cl)cccc1Cl)C(=O)CN(c1ccc(C)c(C)c1)S(=O)(=O)c1ccc(C)cc1. The van der Waals surface area contributed by atoms with Crippen LogP contribution in [0.3, 0.4) is 0 Å². The number of benzene rings is 3. The summed E-state index contributed by atoms with van der Waals surface area (Å²) >= 11 is 12.8. The van der Waals surface area contributed by atoms with Gasteiger partial charge in [-0.25, -0.2) is 8.42 Å². The van der Waals surface area contributed by atoms with Gasteiger partial charge < -0.3 is 10.2 Å². The molecule has 0 fully saturated rings. The summed E-state index contributed by atoms with van der Waals surface area (Å²) in [5, 5.41) is 3.27. The van der Waals surface area contributed by atoms with E-state index in [1.807, 2.05) is 26.8 Å². The lowest BCUT2D eigenvalue weighted by Crippen LogP contribution is -2.51. The van der Waals surface area contributed by atoms with Crippen molar-refractivity contribution < 1.29 is 18.0 Å². The average Bonchev–Trinajstić information content (AvgIpc) is 2.90. The smallest absolute Gasteiger partial charge is 0.264 e. The lowest BCUT2D eigenvalue weighted by atomic mass is 10.1. The van der Waals surface area contributed by atoms with Crippen molar-refractivity contribution in [1.82, 2.24) is 10.2 Å². The van der Waals surface area contributed by atoms with Crippen molar-refractivity contribution in [3.63, 3.8) is 0 Å². The van der Waals surface area contributed by atoms with E-state index in [1.54, 1.807) is 49.4 Å². The maximum Gasteiger partial charge on any atom is 0.264 e. The number of sulfonamides is 1. The summed E-state index contributed by atoms with van der Waals surface area (Å²) in [6.45, 7) is 6.83. The van der Waals surface area contributed by atoms with E-state index < -0.39 is 28.5 Å². The van der Waals surface area contributed by atoms with Crippen LogP contribution in [-0.2, 0) is 26.2 Å². The molecule has 39 heavy (non-hydrogen) atoms. The fraction of sp³-hybridized carbons (Fsp3) is 0.310. The van der Waals surface area contributed by atoms with Crippen molar-refractivity contribution in [2.45, 2.75) is 51.6 Å². The molecule has 0 aromatic heterocycles. The number of likely N-dealkylation sites (N-methyl/N-ethyl adjacent to an activating group) is 1. The van der Waals surface area contributed by atoms with Gasteiger partial charge in [0.15, 0.2) is 0 Å². The van der Waals surface area contributed by atoms with Gasteiger partial charge in [-0.05, 0) is 74.7 Å². The number of aryl methyl sites for hydroxylation is 3. The van der Waals surface area contributed by atoms with E-state index in [0.717, 1.165) is 21.0 Å². The predicted octanol–water partition coefficient (Wildman–Crippen LogP) is 5.67. The monoisotopic (exact) mass is 589 g/mol. The zero-order valence-corrected chi connectivity index (χ0v) is 25.0. The predicted molar refractivity (Wildman–Crippen MR) is 157 cm³/mol. The standard InChI is InChI=1S/C29H33Cl2N3O4S/c1-6-27(29(36)32-5)33(17-24-25(30)8-7-9-26(24)31)28(35)18-34(22-13-12-20(3)21(4)16-22)39(37,38)23-14-10-19(2)11-15-23/h7-16,27H,6,17-18H2,1-5H3,(H,32,36)/t27-/m0/s1. The molecular formula is C29H33Cl2N3O4S. The van der Waals surface area contributed by atoms with Gasteiger partial charge in [-0.1, -0.05) is 60.0 Å². The first-order chi connectivity index (χ1) is 18.4. The van der Waals surface area contributed by atoms with Crippen molar-refractivity contribution >= 4 is 50.7 Å². The highest BCUT2D eigenvalue weighted by atomic mass is 35.5. The van der Waals surface area contributed by atoms with Gasteiger partial charge in [0.25, 0.3) is 10.0 Å². The van der Waals surface area contributed by atoms with Crippen LogP contribution < -0.4 is 9.62 Å². The highest BCUT2D eigenvalue weighted by Gasteiger charge is 2.34. The molecule has 1 atom stereocenters. The van der Waals surface area contributed by atoms with Gasteiger partial charge in [0.2, 0.25) is 11.8 Å². The van der Waals surface area contributed by atoms with Gasteiger partial charge in [-0.15, -0.1) is 0 Å². The summed E-state index contributed by atoms with van der Waals surface area (Å²) in [6.07, 6.45) is 0.293. The van der Waals surface area contributed by atoms with E-state index in [-0.39, 0.29) is 17.3 Å². The summed E-state index contributed by atoms with van der Waals surface area (Å²) in [7, 11) is -2.66. The fourth-order valence-corrected chi connectivity index (χ4v) is 6.11. The summed E-state index contributed by atoms with van der Waals surface area (Å²) in [4.78, 5) is 28.2. The number of halogens is 2. The van der Waals surface area contributed by atoms with Gasteiger partial charge in [0.05, 0.1) is 10.6 Å². The van der Waals surface area contributed by atoms with E-state index in [2.05, 4.69) is 5.32 Å². The molecule has 0 unspecified atom stereocenters. The summed E-state index contributed by atoms with van der Waals surface area (Å²) in [5.74, 6) is -0.955. The number of nitrogens with one attached hydrogen (secondary N) is 1. The third-order valence-electron chi connectivity index (χ3n) is 6.69. The van der Waals surface area contributed by atoms with Crippen molar-refractivity contribution in [2.75, 3.05) is 17.9 Å². The first-order valence-electron chi connectivity index (χ1n) is 12.5. The van der Waals surface area contributed by atoms with E-state index in [9.17, 15) is 18.0 Å². The summed E-state index contributed by atoms with van der Waals surface area (Å²) in [6, 6.07) is 15.8. The highest BCUT2D eigenvalue weighted by molar-refractivity contribution is 7.92. The Balaban J connectivity index is 2.12. The zero-order valence-electron chi connectivity index (χ0n) is 22.7. The van der Waals surface area contributed by atoms with E-state index in [4.69, 9.17) is 23.2 Å². The average molecular weight is 591 g/mol. The minimum absolute atomic E-state index is 0.0539. The van der Waals surface area contributed by atoms with Gasteiger partial charge in [0.1, 0.15) is 12.6 Å². The minimum atomic E-state index is -4.14.